The van der Waals surface area contributed by atoms with Crippen LogP contribution < -0.4 is 0 Å². The summed E-state index contributed by atoms with van der Waals surface area (Å²) < 4.78 is 58.1. The molecule has 0 amide bonds. The summed E-state index contributed by atoms with van der Waals surface area (Å²) in [6.07, 6.45) is 4.23. The third-order valence-corrected chi connectivity index (χ3v) is 6.20. The van der Waals surface area contributed by atoms with Crippen LogP contribution in [0.3, 0.4) is 0 Å². The minimum Gasteiger partial charge on any atom is -0.423 e. The highest BCUT2D eigenvalue weighted by Crippen LogP contribution is 2.30. The number of benzene rings is 3. The van der Waals surface area contributed by atoms with Gasteiger partial charge in [-0.25, -0.2) is 17.2 Å². The Morgan fingerprint density at radius 1 is 0.900 bits per heavy atom. The lowest BCUT2D eigenvalue weighted by molar-refractivity contribution is 0.565. The average Bonchev–Trinajstić information content (AvgIpc) is 3.28. The van der Waals surface area contributed by atoms with Crippen molar-refractivity contribution >= 4 is 22.0 Å². The molecular formula is C22H14F2N2O3S. The molecule has 30 heavy (non-hydrogen) atoms. The van der Waals surface area contributed by atoms with Crippen molar-refractivity contribution in [2.24, 2.45) is 0 Å². The Bertz CT molecular complexity index is 1320. The average molecular weight is 424 g/mol. The van der Waals surface area contributed by atoms with Crippen LogP contribution in [0.2, 0.25) is 0 Å². The summed E-state index contributed by atoms with van der Waals surface area (Å²) in [4.78, 5) is 0.130. The van der Waals surface area contributed by atoms with Gasteiger partial charge in [0.1, 0.15) is 11.6 Å². The fraction of sp³-hybridized carbons (Fsp3) is 0. The molecule has 0 fully saturated rings. The first-order chi connectivity index (χ1) is 14.4. The van der Waals surface area contributed by atoms with Crippen LogP contribution in [0.25, 0.3) is 23.6 Å². The van der Waals surface area contributed by atoms with Gasteiger partial charge in [-0.05, 0) is 42.0 Å². The summed E-state index contributed by atoms with van der Waals surface area (Å²) in [5.41, 5.74) is 1.19. The maximum absolute atomic E-state index is 13.7. The van der Waals surface area contributed by atoms with Crippen LogP contribution in [-0.4, -0.2) is 18.6 Å². The van der Waals surface area contributed by atoms with E-state index in [4.69, 9.17) is 4.42 Å². The maximum Gasteiger partial charge on any atom is 0.248 e. The molecular weight excluding hydrogens is 410 g/mol. The van der Waals surface area contributed by atoms with Crippen molar-refractivity contribution in [1.29, 1.82) is 0 Å². The van der Waals surface area contributed by atoms with E-state index in [0.717, 1.165) is 12.5 Å². The van der Waals surface area contributed by atoms with E-state index in [9.17, 15) is 17.2 Å². The zero-order chi connectivity index (χ0) is 21.1. The molecule has 0 bridgehead atoms. The van der Waals surface area contributed by atoms with Crippen LogP contribution in [0.15, 0.2) is 87.3 Å². The molecule has 0 radical (unpaired) electrons. The van der Waals surface area contributed by atoms with Gasteiger partial charge in [-0.2, -0.15) is 0 Å². The summed E-state index contributed by atoms with van der Waals surface area (Å²) in [5.74, 6) is -1.22. The number of hydrogen-bond acceptors (Lipinski definition) is 5. The van der Waals surface area contributed by atoms with E-state index in [1.165, 1.54) is 36.4 Å². The van der Waals surface area contributed by atoms with Crippen LogP contribution in [0, 0.1) is 11.6 Å². The second kappa shape index (κ2) is 8.00. The second-order valence-electron chi connectivity index (χ2n) is 6.31. The molecule has 3 aromatic carbocycles. The Hall–Kier alpha value is -3.65. The quantitative estimate of drug-likeness (QED) is 0.421. The molecule has 0 aliphatic rings. The number of aromatic nitrogens is 2. The smallest absolute Gasteiger partial charge is 0.248 e. The van der Waals surface area contributed by atoms with Crippen molar-refractivity contribution in [1.82, 2.24) is 10.2 Å². The summed E-state index contributed by atoms with van der Waals surface area (Å²) >= 11 is 0. The van der Waals surface area contributed by atoms with Crippen LogP contribution in [-0.2, 0) is 9.84 Å². The summed E-state index contributed by atoms with van der Waals surface area (Å²) in [6, 6.07) is 15.8. The molecule has 0 saturated heterocycles. The highest BCUT2D eigenvalue weighted by atomic mass is 32.2. The predicted octanol–water partition coefficient (Wildman–Crippen LogP) is 5.02. The van der Waals surface area contributed by atoms with Gasteiger partial charge in [0, 0.05) is 11.6 Å². The maximum atomic E-state index is 13.7. The van der Waals surface area contributed by atoms with Gasteiger partial charge in [-0.15, -0.1) is 10.2 Å². The Balaban J connectivity index is 1.64. The van der Waals surface area contributed by atoms with E-state index in [1.54, 1.807) is 36.4 Å². The van der Waals surface area contributed by atoms with E-state index in [1.807, 2.05) is 0 Å². The van der Waals surface area contributed by atoms with E-state index in [0.29, 0.717) is 11.1 Å². The van der Waals surface area contributed by atoms with Crippen molar-refractivity contribution in [2.45, 2.75) is 9.79 Å². The number of nitrogens with zero attached hydrogens (tertiary/aromatic N) is 2. The topological polar surface area (TPSA) is 73.1 Å². The molecule has 0 aliphatic carbocycles. The van der Waals surface area contributed by atoms with Gasteiger partial charge in [-0.3, -0.25) is 0 Å². The van der Waals surface area contributed by atoms with Gasteiger partial charge in [-0.1, -0.05) is 36.4 Å². The van der Waals surface area contributed by atoms with Gasteiger partial charge in [0.15, 0.2) is 0 Å². The van der Waals surface area contributed by atoms with Gasteiger partial charge < -0.3 is 4.42 Å². The number of rotatable bonds is 5. The van der Waals surface area contributed by atoms with Crippen molar-refractivity contribution in [3.8, 4) is 11.5 Å². The fourth-order valence-electron chi connectivity index (χ4n) is 2.88. The normalized spacial score (nSPS) is 11.8. The van der Waals surface area contributed by atoms with Gasteiger partial charge in [0.05, 0.1) is 15.4 Å². The lowest BCUT2D eigenvalue weighted by Gasteiger charge is -2.08. The molecule has 1 aromatic heterocycles. The molecule has 8 heteroatoms. The molecule has 5 nitrogen and oxygen atoms in total. The SMILES string of the molecule is O=S(=O)(c1ccc(C=Cc2ccc(F)cc2F)cc1)c1ccccc1-c1nnco1. The lowest BCUT2D eigenvalue weighted by Crippen LogP contribution is -2.04. The van der Waals surface area contributed by atoms with E-state index >= 15 is 0 Å². The minimum absolute atomic E-state index is 0.0472. The third-order valence-electron chi connectivity index (χ3n) is 4.38. The van der Waals surface area contributed by atoms with Crippen molar-refractivity contribution < 1.29 is 21.6 Å². The first-order valence-corrected chi connectivity index (χ1v) is 10.3. The van der Waals surface area contributed by atoms with Gasteiger partial charge >= 0.3 is 0 Å². The van der Waals surface area contributed by atoms with Gasteiger partial charge in [0.2, 0.25) is 22.1 Å². The minimum atomic E-state index is -3.84. The highest BCUT2D eigenvalue weighted by Gasteiger charge is 2.23. The van der Waals surface area contributed by atoms with Crippen LogP contribution >= 0.6 is 0 Å². The van der Waals surface area contributed by atoms with E-state index < -0.39 is 21.5 Å². The number of hydrogen-bond donors (Lipinski definition) is 0. The van der Waals surface area contributed by atoms with Gasteiger partial charge in [0.25, 0.3) is 0 Å². The molecule has 0 saturated carbocycles. The zero-order valence-corrected chi connectivity index (χ0v) is 16.2. The van der Waals surface area contributed by atoms with Crippen LogP contribution in [0.4, 0.5) is 8.78 Å². The van der Waals surface area contributed by atoms with Crippen molar-refractivity contribution in [3.63, 3.8) is 0 Å². The summed E-state index contributed by atoms with van der Waals surface area (Å²) in [5, 5.41) is 7.39. The number of halogens is 2. The first kappa shape index (κ1) is 19.7. The molecule has 0 spiro atoms. The summed E-state index contributed by atoms with van der Waals surface area (Å²) in [7, 11) is -3.84. The predicted molar refractivity (Wildman–Crippen MR) is 107 cm³/mol. The van der Waals surface area contributed by atoms with Crippen LogP contribution in [0.5, 0.6) is 0 Å². The van der Waals surface area contributed by atoms with Crippen molar-refractivity contribution in [2.75, 3.05) is 0 Å². The molecule has 1 heterocycles. The Labute approximate surface area is 171 Å². The molecule has 0 N–H and O–H groups in total. The zero-order valence-electron chi connectivity index (χ0n) is 15.4. The molecule has 0 aliphatic heterocycles. The molecule has 150 valence electrons. The molecule has 0 atom stereocenters. The lowest BCUT2D eigenvalue weighted by atomic mass is 10.1. The molecule has 0 unspecified atom stereocenters. The van der Waals surface area contributed by atoms with Crippen molar-refractivity contribution in [3.05, 3.63) is 95.9 Å². The Kier molecular flexibility index (Phi) is 5.24. The number of sulfone groups is 1. The largest absolute Gasteiger partial charge is 0.423 e. The molecule has 4 aromatic rings. The third kappa shape index (κ3) is 3.90. The summed E-state index contributed by atoms with van der Waals surface area (Å²) in [6.45, 7) is 0. The molecule has 4 rings (SSSR count). The van der Waals surface area contributed by atoms with E-state index in [-0.39, 0.29) is 21.2 Å². The first-order valence-electron chi connectivity index (χ1n) is 8.79. The van der Waals surface area contributed by atoms with Crippen LogP contribution in [0.1, 0.15) is 11.1 Å². The van der Waals surface area contributed by atoms with E-state index in [2.05, 4.69) is 10.2 Å². The second-order valence-corrected chi connectivity index (χ2v) is 8.23. The Morgan fingerprint density at radius 2 is 1.67 bits per heavy atom. The fourth-order valence-corrected chi connectivity index (χ4v) is 4.33. The Morgan fingerprint density at radius 3 is 2.37 bits per heavy atom. The standard InChI is InChI=1S/C22H14F2N2O3S/c23-17-10-9-16(20(24)13-17)8-5-15-6-11-18(12-7-15)30(27,28)21-4-2-1-3-19(21)22-26-25-14-29-22/h1-14H. The monoisotopic (exact) mass is 424 g/mol. The highest BCUT2D eigenvalue weighted by molar-refractivity contribution is 7.91.